The monoisotopic (exact) mass is 376 g/mol. The normalized spacial score (nSPS) is 11.1. The summed E-state index contributed by atoms with van der Waals surface area (Å²) in [5.41, 5.74) is 0.794. The number of carbonyl (C=O) groups excluding carboxylic acids is 1. The molecule has 0 saturated heterocycles. The summed E-state index contributed by atoms with van der Waals surface area (Å²) in [6, 6.07) is 0. The summed E-state index contributed by atoms with van der Waals surface area (Å²) in [6.45, 7) is 11.9. The summed E-state index contributed by atoms with van der Waals surface area (Å²) in [5, 5.41) is 12.4. The van der Waals surface area contributed by atoms with Crippen LogP contribution in [0.1, 0.15) is 33.6 Å². The quantitative estimate of drug-likeness (QED) is 0.356. The minimum absolute atomic E-state index is 0.0255. The minimum Gasteiger partial charge on any atom is -0.369 e. The molecule has 2 aromatic rings. The van der Waals surface area contributed by atoms with Crippen LogP contribution in [-0.2, 0) is 11.3 Å². The Morgan fingerprint density at radius 1 is 1.42 bits per heavy atom. The molecule has 0 bridgehead atoms. The molecule has 0 fully saturated rings. The van der Waals surface area contributed by atoms with Crippen LogP contribution in [-0.4, -0.2) is 44.5 Å². The van der Waals surface area contributed by atoms with Gasteiger partial charge in [-0.2, -0.15) is 5.10 Å². The van der Waals surface area contributed by atoms with Gasteiger partial charge < -0.3 is 10.6 Å². The Bertz CT molecular complexity index is 743. The molecule has 2 N–H and O–H groups in total. The number of fused-ring (bicyclic) bond motifs is 1. The van der Waals surface area contributed by atoms with Gasteiger partial charge in [0.05, 0.1) is 18.1 Å². The Hall–Kier alpha value is -2.09. The lowest BCUT2D eigenvalue weighted by Gasteiger charge is -2.11. The first-order valence-electron chi connectivity index (χ1n) is 9.03. The second kappa shape index (κ2) is 10.2. The summed E-state index contributed by atoms with van der Waals surface area (Å²) in [5.74, 6) is 2.27. The van der Waals surface area contributed by atoms with E-state index in [0.29, 0.717) is 31.8 Å². The van der Waals surface area contributed by atoms with Crippen molar-refractivity contribution in [3.05, 3.63) is 18.9 Å². The average molecular weight is 377 g/mol. The highest BCUT2D eigenvalue weighted by Crippen LogP contribution is 2.24. The molecule has 0 radical (unpaired) electrons. The number of amides is 1. The number of nitrogens with one attached hydrogen (secondary N) is 2. The molecule has 0 spiro atoms. The highest BCUT2D eigenvalue weighted by molar-refractivity contribution is 7.99. The lowest BCUT2D eigenvalue weighted by Crippen LogP contribution is -2.27. The molecule has 0 aromatic carbocycles. The molecule has 1 amide bonds. The zero-order chi connectivity index (χ0) is 18.9. The van der Waals surface area contributed by atoms with Crippen LogP contribution in [0, 0.1) is 5.92 Å². The summed E-state index contributed by atoms with van der Waals surface area (Å²) in [7, 11) is 0. The molecular weight excluding hydrogens is 348 g/mol. The summed E-state index contributed by atoms with van der Waals surface area (Å²) >= 11 is 1.61. The standard InChI is InChI=1S/C18H28N6OS/c1-5-7-8-15(25)19-9-10-24-17-14(12-21-24)16(20-11-13(3)4)22-18(23-17)26-6-2/h5,12-13H,1,6-11H2,2-4H3,(H,19,25)(H,20,22,23). The number of carbonyl (C=O) groups is 1. The lowest BCUT2D eigenvalue weighted by atomic mass is 10.2. The highest BCUT2D eigenvalue weighted by atomic mass is 32.2. The number of aromatic nitrogens is 4. The number of nitrogens with zero attached hydrogens (tertiary/aromatic N) is 4. The first kappa shape index (κ1) is 20.2. The van der Waals surface area contributed by atoms with E-state index in [9.17, 15) is 4.79 Å². The van der Waals surface area contributed by atoms with Crippen molar-refractivity contribution in [2.75, 3.05) is 24.2 Å². The Balaban J connectivity index is 2.14. The first-order valence-corrected chi connectivity index (χ1v) is 10.0. The number of hydrogen-bond donors (Lipinski definition) is 2. The van der Waals surface area contributed by atoms with Gasteiger partial charge in [-0.05, 0) is 18.1 Å². The fourth-order valence-corrected chi connectivity index (χ4v) is 2.92. The van der Waals surface area contributed by atoms with Crippen LogP contribution in [0.4, 0.5) is 5.82 Å². The van der Waals surface area contributed by atoms with Gasteiger partial charge in [-0.15, -0.1) is 6.58 Å². The molecule has 2 aromatic heterocycles. The maximum atomic E-state index is 11.7. The van der Waals surface area contributed by atoms with Crippen molar-refractivity contribution in [3.8, 4) is 0 Å². The molecule has 0 aliphatic heterocycles. The third-order valence-corrected chi connectivity index (χ3v) is 4.38. The van der Waals surface area contributed by atoms with E-state index in [1.165, 1.54) is 0 Å². The summed E-state index contributed by atoms with van der Waals surface area (Å²) in [4.78, 5) is 21.0. The molecule has 2 heterocycles. The van der Waals surface area contributed by atoms with E-state index in [1.807, 2.05) is 4.68 Å². The predicted octanol–water partition coefficient (Wildman–Crippen LogP) is 3.09. The number of thioether (sulfide) groups is 1. The Morgan fingerprint density at radius 2 is 2.23 bits per heavy atom. The van der Waals surface area contributed by atoms with Gasteiger partial charge in [0.2, 0.25) is 5.91 Å². The van der Waals surface area contributed by atoms with E-state index in [2.05, 4.69) is 53.1 Å². The third-order valence-electron chi connectivity index (χ3n) is 3.65. The van der Waals surface area contributed by atoms with E-state index >= 15 is 0 Å². The predicted molar refractivity (Wildman–Crippen MR) is 107 cm³/mol. The van der Waals surface area contributed by atoms with Crippen molar-refractivity contribution in [2.45, 2.75) is 45.3 Å². The van der Waals surface area contributed by atoms with Crippen LogP contribution in [0.25, 0.3) is 11.0 Å². The number of allylic oxidation sites excluding steroid dienone is 1. The third kappa shape index (κ3) is 5.72. The number of anilines is 1. The molecule has 26 heavy (non-hydrogen) atoms. The smallest absolute Gasteiger partial charge is 0.220 e. The van der Waals surface area contributed by atoms with Gasteiger partial charge >= 0.3 is 0 Å². The molecule has 2 rings (SSSR count). The fourth-order valence-electron chi connectivity index (χ4n) is 2.35. The van der Waals surface area contributed by atoms with Gasteiger partial charge in [0, 0.05) is 19.5 Å². The van der Waals surface area contributed by atoms with Crippen LogP contribution < -0.4 is 10.6 Å². The van der Waals surface area contributed by atoms with Crippen LogP contribution in [0.3, 0.4) is 0 Å². The summed E-state index contributed by atoms with van der Waals surface area (Å²) in [6.07, 6.45) is 4.69. The van der Waals surface area contributed by atoms with Crippen molar-refractivity contribution in [1.29, 1.82) is 0 Å². The Morgan fingerprint density at radius 3 is 2.92 bits per heavy atom. The molecule has 0 aliphatic carbocycles. The van der Waals surface area contributed by atoms with Gasteiger partial charge in [0.25, 0.3) is 0 Å². The minimum atomic E-state index is 0.0255. The van der Waals surface area contributed by atoms with Gasteiger partial charge in [0.15, 0.2) is 10.8 Å². The van der Waals surface area contributed by atoms with E-state index in [4.69, 9.17) is 0 Å². The molecular formula is C18H28N6OS. The van der Waals surface area contributed by atoms with Gasteiger partial charge in [-0.3, -0.25) is 4.79 Å². The summed E-state index contributed by atoms with van der Waals surface area (Å²) < 4.78 is 1.82. The van der Waals surface area contributed by atoms with E-state index in [0.717, 1.165) is 34.3 Å². The topological polar surface area (TPSA) is 84.7 Å². The first-order chi connectivity index (χ1) is 12.5. The van der Waals surface area contributed by atoms with Crippen molar-refractivity contribution >= 4 is 34.5 Å². The number of hydrogen-bond acceptors (Lipinski definition) is 6. The molecule has 0 aliphatic rings. The molecule has 0 unspecified atom stereocenters. The lowest BCUT2D eigenvalue weighted by molar-refractivity contribution is -0.121. The zero-order valence-corrected chi connectivity index (χ0v) is 16.6. The highest BCUT2D eigenvalue weighted by Gasteiger charge is 2.13. The number of rotatable bonds is 11. The van der Waals surface area contributed by atoms with E-state index in [-0.39, 0.29) is 5.91 Å². The zero-order valence-electron chi connectivity index (χ0n) is 15.8. The fraction of sp³-hybridized carbons (Fsp3) is 0.556. The Kier molecular flexibility index (Phi) is 7.90. The average Bonchev–Trinajstić information content (AvgIpc) is 3.01. The van der Waals surface area contributed by atoms with Crippen LogP contribution >= 0.6 is 11.8 Å². The molecule has 0 saturated carbocycles. The maximum Gasteiger partial charge on any atom is 0.220 e. The SMILES string of the molecule is C=CCCC(=O)NCCn1ncc2c(NCC(C)C)nc(SCC)nc21. The van der Waals surface area contributed by atoms with Gasteiger partial charge in [-0.1, -0.05) is 38.6 Å². The Labute approximate surface area is 159 Å². The van der Waals surface area contributed by atoms with Crippen molar-refractivity contribution in [2.24, 2.45) is 5.92 Å². The second-order valence-electron chi connectivity index (χ2n) is 6.34. The largest absolute Gasteiger partial charge is 0.369 e. The molecule has 0 atom stereocenters. The molecule has 142 valence electrons. The van der Waals surface area contributed by atoms with E-state index in [1.54, 1.807) is 24.0 Å². The van der Waals surface area contributed by atoms with Crippen LogP contribution in [0.2, 0.25) is 0 Å². The second-order valence-corrected chi connectivity index (χ2v) is 7.58. The molecule has 7 nitrogen and oxygen atoms in total. The van der Waals surface area contributed by atoms with Crippen LogP contribution in [0.15, 0.2) is 24.0 Å². The molecule has 8 heteroatoms. The van der Waals surface area contributed by atoms with Crippen LogP contribution in [0.5, 0.6) is 0 Å². The van der Waals surface area contributed by atoms with Gasteiger partial charge in [0.1, 0.15) is 5.82 Å². The van der Waals surface area contributed by atoms with E-state index < -0.39 is 0 Å². The van der Waals surface area contributed by atoms with Crippen molar-refractivity contribution in [1.82, 2.24) is 25.1 Å². The van der Waals surface area contributed by atoms with Crippen molar-refractivity contribution < 1.29 is 4.79 Å². The van der Waals surface area contributed by atoms with Gasteiger partial charge in [-0.25, -0.2) is 14.6 Å². The maximum absolute atomic E-state index is 11.7. The van der Waals surface area contributed by atoms with Crippen molar-refractivity contribution in [3.63, 3.8) is 0 Å².